The molecular weight excluding hydrogens is 340 g/mol. The van der Waals surface area contributed by atoms with E-state index in [1.54, 1.807) is 0 Å². The summed E-state index contributed by atoms with van der Waals surface area (Å²) in [5, 5.41) is 2.97. The maximum Gasteiger partial charge on any atom is 0.251 e. The van der Waals surface area contributed by atoms with E-state index < -0.39 is 0 Å². The molecule has 1 saturated heterocycles. The van der Waals surface area contributed by atoms with Crippen LogP contribution >= 0.6 is 0 Å². The molecule has 1 saturated carbocycles. The fourth-order valence-electron chi connectivity index (χ4n) is 3.85. The van der Waals surface area contributed by atoms with Gasteiger partial charge in [-0.2, -0.15) is 0 Å². The average molecular weight is 366 g/mol. The Hall–Kier alpha value is -2.47. The number of aromatic amines is 1. The molecule has 1 aliphatic carbocycles. The van der Waals surface area contributed by atoms with Crippen molar-refractivity contribution in [3.8, 4) is 0 Å². The molecular formula is C21H26N4O2. The van der Waals surface area contributed by atoms with Crippen molar-refractivity contribution in [3.63, 3.8) is 0 Å². The number of rotatable bonds is 6. The third-order valence-electron chi connectivity index (χ3n) is 5.64. The van der Waals surface area contributed by atoms with E-state index in [0.717, 1.165) is 44.7 Å². The van der Waals surface area contributed by atoms with Gasteiger partial charge in [-0.05, 0) is 31.4 Å². The number of carbonyl (C=O) groups is 1. The molecule has 0 radical (unpaired) electrons. The van der Waals surface area contributed by atoms with Gasteiger partial charge in [0, 0.05) is 25.1 Å². The summed E-state index contributed by atoms with van der Waals surface area (Å²) >= 11 is 0. The van der Waals surface area contributed by atoms with Gasteiger partial charge in [-0.15, -0.1) is 0 Å². The Morgan fingerprint density at radius 2 is 2.04 bits per heavy atom. The van der Waals surface area contributed by atoms with Crippen molar-refractivity contribution < 1.29 is 4.79 Å². The fourth-order valence-corrected chi connectivity index (χ4v) is 3.85. The second-order valence-electron chi connectivity index (χ2n) is 7.67. The number of nitrogens with one attached hydrogen (secondary N) is 2. The second-order valence-corrected chi connectivity index (χ2v) is 7.67. The number of aromatic nitrogens is 2. The van der Waals surface area contributed by atoms with E-state index in [-0.39, 0.29) is 17.4 Å². The lowest BCUT2D eigenvalue weighted by Crippen LogP contribution is -2.33. The summed E-state index contributed by atoms with van der Waals surface area (Å²) < 4.78 is 0. The number of carbonyl (C=O) groups excluding carboxylic acids is 1. The van der Waals surface area contributed by atoms with Crippen molar-refractivity contribution in [2.75, 3.05) is 13.1 Å². The summed E-state index contributed by atoms with van der Waals surface area (Å²) in [4.78, 5) is 34.1. The van der Waals surface area contributed by atoms with E-state index in [4.69, 9.17) is 0 Å². The highest BCUT2D eigenvalue weighted by molar-refractivity contribution is 5.79. The third-order valence-corrected chi connectivity index (χ3v) is 5.64. The van der Waals surface area contributed by atoms with Gasteiger partial charge in [-0.3, -0.25) is 14.5 Å². The van der Waals surface area contributed by atoms with Crippen LogP contribution in [0.5, 0.6) is 0 Å². The third kappa shape index (κ3) is 4.45. The highest BCUT2D eigenvalue weighted by Gasteiger charge is 2.28. The van der Waals surface area contributed by atoms with Gasteiger partial charge in [-0.25, -0.2) is 4.98 Å². The maximum absolute atomic E-state index is 12.5. The summed E-state index contributed by atoms with van der Waals surface area (Å²) in [5.41, 5.74) is 1.79. The zero-order valence-corrected chi connectivity index (χ0v) is 15.5. The zero-order valence-electron chi connectivity index (χ0n) is 15.5. The number of hydrogen-bond acceptors (Lipinski definition) is 4. The molecule has 4 rings (SSSR count). The Balaban J connectivity index is 1.30. The zero-order chi connectivity index (χ0) is 18.6. The molecule has 2 N–H and O–H groups in total. The largest absolute Gasteiger partial charge is 0.350 e. The molecule has 6 heteroatoms. The first-order chi connectivity index (χ1) is 13.2. The van der Waals surface area contributed by atoms with Crippen LogP contribution in [-0.4, -0.2) is 33.9 Å². The van der Waals surface area contributed by atoms with Crippen molar-refractivity contribution in [3.05, 3.63) is 63.8 Å². The van der Waals surface area contributed by atoms with Crippen LogP contribution in [-0.2, 0) is 17.9 Å². The minimum absolute atomic E-state index is 0.00168. The maximum atomic E-state index is 12.5. The van der Waals surface area contributed by atoms with E-state index in [9.17, 15) is 9.59 Å². The molecule has 0 bridgehead atoms. The molecule has 1 unspecified atom stereocenters. The van der Waals surface area contributed by atoms with Crippen LogP contribution in [0, 0.1) is 5.92 Å². The molecule has 1 aliphatic heterocycles. The van der Waals surface area contributed by atoms with Crippen molar-refractivity contribution in [1.29, 1.82) is 0 Å². The van der Waals surface area contributed by atoms with Gasteiger partial charge < -0.3 is 10.3 Å². The summed E-state index contributed by atoms with van der Waals surface area (Å²) in [7, 11) is 0. The summed E-state index contributed by atoms with van der Waals surface area (Å²) in [6.07, 6.45) is 4.22. The number of hydrogen-bond donors (Lipinski definition) is 2. The van der Waals surface area contributed by atoms with Crippen molar-refractivity contribution in [1.82, 2.24) is 20.2 Å². The highest BCUT2D eigenvalue weighted by Crippen LogP contribution is 2.33. The van der Waals surface area contributed by atoms with Crippen molar-refractivity contribution in [2.24, 2.45) is 5.92 Å². The minimum atomic E-state index is -0.133. The van der Waals surface area contributed by atoms with Gasteiger partial charge in [0.15, 0.2) is 0 Å². The molecule has 2 heterocycles. The van der Waals surface area contributed by atoms with Gasteiger partial charge in [0.25, 0.3) is 5.56 Å². The van der Waals surface area contributed by atoms with Gasteiger partial charge in [-0.1, -0.05) is 36.8 Å². The lowest BCUT2D eigenvalue weighted by atomic mass is 9.85. The fraction of sp³-hybridized carbons (Fsp3) is 0.476. The lowest BCUT2D eigenvalue weighted by Gasteiger charge is -2.24. The molecule has 1 amide bonds. The summed E-state index contributed by atoms with van der Waals surface area (Å²) in [6, 6.07) is 11.8. The molecule has 0 spiro atoms. The topological polar surface area (TPSA) is 78.1 Å². The van der Waals surface area contributed by atoms with Crippen LogP contribution in [0.3, 0.4) is 0 Å². The number of likely N-dealkylation sites (tertiary alicyclic amines) is 1. The SMILES string of the molecule is O=C(NCc1cc(=O)[nH]c(C2CCC2)n1)C1CCN(Cc2ccccc2)C1. The molecule has 27 heavy (non-hydrogen) atoms. The van der Waals surface area contributed by atoms with Crippen LogP contribution in [0.25, 0.3) is 0 Å². The summed E-state index contributed by atoms with van der Waals surface area (Å²) in [6.45, 7) is 2.90. The van der Waals surface area contributed by atoms with Crippen LogP contribution in [0.1, 0.15) is 48.7 Å². The lowest BCUT2D eigenvalue weighted by molar-refractivity contribution is -0.124. The highest BCUT2D eigenvalue weighted by atomic mass is 16.2. The first-order valence-electron chi connectivity index (χ1n) is 9.81. The average Bonchev–Trinajstić information content (AvgIpc) is 3.07. The Labute approximate surface area is 159 Å². The Morgan fingerprint density at radius 3 is 2.78 bits per heavy atom. The molecule has 1 aromatic heterocycles. The first-order valence-corrected chi connectivity index (χ1v) is 9.81. The Kier molecular flexibility index (Phi) is 5.34. The van der Waals surface area contributed by atoms with E-state index in [2.05, 4.69) is 32.3 Å². The molecule has 1 aromatic carbocycles. The number of benzene rings is 1. The normalized spacial score (nSPS) is 20.4. The summed E-state index contributed by atoms with van der Waals surface area (Å²) in [5.74, 6) is 1.20. The number of H-pyrrole nitrogens is 1. The molecule has 6 nitrogen and oxygen atoms in total. The van der Waals surface area contributed by atoms with Crippen molar-refractivity contribution >= 4 is 5.91 Å². The standard InChI is InChI=1S/C21H26N4O2/c26-19-11-18(23-20(24-19)16-7-4-8-16)12-22-21(27)17-9-10-25(14-17)13-15-5-2-1-3-6-15/h1-3,5-6,11,16-17H,4,7-10,12-14H2,(H,22,27)(H,23,24,26). The predicted molar refractivity (Wildman–Crippen MR) is 103 cm³/mol. The monoisotopic (exact) mass is 366 g/mol. The van der Waals surface area contributed by atoms with Crippen LogP contribution in [0.4, 0.5) is 0 Å². The van der Waals surface area contributed by atoms with Crippen LogP contribution in [0.15, 0.2) is 41.2 Å². The molecule has 2 fully saturated rings. The van der Waals surface area contributed by atoms with Gasteiger partial charge in [0.05, 0.1) is 18.2 Å². The van der Waals surface area contributed by atoms with Crippen molar-refractivity contribution in [2.45, 2.75) is 44.7 Å². The second kappa shape index (κ2) is 8.05. The predicted octanol–water partition coefficient (Wildman–Crippen LogP) is 2.18. The van der Waals surface area contributed by atoms with Gasteiger partial charge in [0.1, 0.15) is 5.82 Å². The quantitative estimate of drug-likeness (QED) is 0.821. The molecule has 2 aliphatic rings. The van der Waals surface area contributed by atoms with Gasteiger partial charge in [0.2, 0.25) is 5.91 Å². The molecule has 142 valence electrons. The number of nitrogens with zero attached hydrogens (tertiary/aromatic N) is 2. The van der Waals surface area contributed by atoms with Crippen LogP contribution < -0.4 is 10.9 Å². The van der Waals surface area contributed by atoms with E-state index >= 15 is 0 Å². The smallest absolute Gasteiger partial charge is 0.251 e. The molecule has 1 atom stereocenters. The number of amides is 1. The van der Waals surface area contributed by atoms with Gasteiger partial charge >= 0.3 is 0 Å². The van der Waals surface area contributed by atoms with Crippen LogP contribution in [0.2, 0.25) is 0 Å². The molecule has 2 aromatic rings. The van der Waals surface area contributed by atoms with E-state index in [0.29, 0.717) is 18.2 Å². The minimum Gasteiger partial charge on any atom is -0.350 e. The van der Waals surface area contributed by atoms with E-state index in [1.807, 2.05) is 18.2 Å². The Bertz CT molecular complexity index is 845. The first kappa shape index (κ1) is 17.9. The Morgan fingerprint density at radius 1 is 1.22 bits per heavy atom. The van der Waals surface area contributed by atoms with E-state index in [1.165, 1.54) is 18.1 Å².